The van der Waals surface area contributed by atoms with Gasteiger partial charge >= 0.3 is 5.97 Å². The number of methoxy groups -OCH3 is 2. The van der Waals surface area contributed by atoms with E-state index in [0.29, 0.717) is 24.2 Å². The maximum atomic E-state index is 10.8. The summed E-state index contributed by atoms with van der Waals surface area (Å²) in [6.45, 7) is 1.53. The van der Waals surface area contributed by atoms with Crippen LogP contribution in [0.1, 0.15) is 30.4 Å². The Hall–Kier alpha value is -2.64. The van der Waals surface area contributed by atoms with Gasteiger partial charge in [-0.3, -0.25) is 4.79 Å². The van der Waals surface area contributed by atoms with E-state index in [0.717, 1.165) is 67.6 Å². The molecule has 0 bridgehead atoms. The van der Waals surface area contributed by atoms with E-state index in [1.165, 1.54) is 31.0 Å². The van der Waals surface area contributed by atoms with Crippen molar-refractivity contribution in [2.24, 2.45) is 0 Å². The Morgan fingerprint density at radius 3 is 2.02 bits per heavy atom. The maximum Gasteiger partial charge on any atom is 0.315 e. The lowest BCUT2D eigenvalue weighted by Gasteiger charge is -2.12. The number of aldehydes is 1. The molecule has 2 aliphatic heterocycles. The van der Waals surface area contributed by atoms with Crippen LogP contribution in [-0.4, -0.2) is 101 Å². The number of aromatic hydroxyl groups is 4. The van der Waals surface area contributed by atoms with Crippen molar-refractivity contribution in [3.63, 3.8) is 0 Å². The van der Waals surface area contributed by atoms with E-state index in [2.05, 4.69) is 4.74 Å². The summed E-state index contributed by atoms with van der Waals surface area (Å²) < 4.78 is 20.6. The van der Waals surface area contributed by atoms with Gasteiger partial charge < -0.3 is 44.2 Å². The zero-order chi connectivity index (χ0) is 30.7. The molecule has 0 aliphatic carbocycles. The number of ether oxygens (including phenoxy) is 4. The van der Waals surface area contributed by atoms with Crippen LogP contribution in [-0.2, 0) is 41.4 Å². The molecule has 10 nitrogen and oxygen atoms in total. The highest BCUT2D eigenvalue weighted by molar-refractivity contribution is 8.00. The zero-order valence-corrected chi connectivity index (χ0v) is 25.7. The highest BCUT2D eigenvalue weighted by atomic mass is 32.2. The fraction of sp³-hybridized carbons (Fsp3) is 0.533. The van der Waals surface area contributed by atoms with Crippen LogP contribution >= 0.6 is 23.5 Å². The number of phenolic OH excluding ortho intramolecular Hbond substituents is 4. The van der Waals surface area contributed by atoms with Gasteiger partial charge in [0.15, 0.2) is 23.0 Å². The standard InChI is InChI=1S/C12H16O4S.C11H14O3S.C7H12O3/c1-16-12(15)8-17-6-2-3-9-4-5-10(13)11(14)7-9;12-5-7-15-6-1-2-9-3-4-10(13)11(14)8-9;1-8-6-4-10-5-2-3-9-7(5)6/h4-5,7,13-14H,2-3,6,8H2,1H3;3-5,8,13-14H,1-2,6-7H2;5-7H,2-4H2,1H3. The van der Waals surface area contributed by atoms with Gasteiger partial charge in [0.25, 0.3) is 0 Å². The topological polar surface area (TPSA) is 152 Å². The van der Waals surface area contributed by atoms with Gasteiger partial charge in [0.2, 0.25) is 0 Å². The van der Waals surface area contributed by atoms with Crippen molar-refractivity contribution in [2.45, 2.75) is 50.4 Å². The van der Waals surface area contributed by atoms with Crippen LogP contribution in [0.5, 0.6) is 23.0 Å². The first kappa shape index (κ1) is 35.6. The fourth-order valence-corrected chi connectivity index (χ4v) is 5.57. The van der Waals surface area contributed by atoms with Crippen LogP contribution in [0.3, 0.4) is 0 Å². The molecule has 0 spiro atoms. The third-order valence-electron chi connectivity index (χ3n) is 6.44. The molecule has 12 heteroatoms. The monoisotopic (exact) mass is 626 g/mol. The zero-order valence-electron chi connectivity index (χ0n) is 24.1. The summed E-state index contributed by atoms with van der Waals surface area (Å²) in [5.74, 6) is 2.13. The molecule has 234 valence electrons. The average molecular weight is 627 g/mol. The first-order chi connectivity index (χ1) is 20.3. The Bertz CT molecular complexity index is 1080. The lowest BCUT2D eigenvalue weighted by molar-refractivity contribution is -0.137. The van der Waals surface area contributed by atoms with Crippen LogP contribution in [0, 0.1) is 0 Å². The largest absolute Gasteiger partial charge is 0.504 e. The first-order valence-electron chi connectivity index (χ1n) is 13.7. The maximum absolute atomic E-state index is 10.8. The number of benzene rings is 2. The summed E-state index contributed by atoms with van der Waals surface area (Å²) in [7, 11) is 3.08. The van der Waals surface area contributed by atoms with Gasteiger partial charge in [-0.15, -0.1) is 0 Å². The summed E-state index contributed by atoms with van der Waals surface area (Å²) in [4.78, 5) is 20.9. The lowest BCUT2D eigenvalue weighted by atomic mass is 10.1. The summed E-state index contributed by atoms with van der Waals surface area (Å²) in [6, 6.07) is 9.66. The van der Waals surface area contributed by atoms with Gasteiger partial charge in [0.1, 0.15) is 18.5 Å². The minimum atomic E-state index is -0.211. The molecule has 2 aliphatic rings. The number of carbonyl (C=O) groups is 2. The number of rotatable bonds is 13. The molecule has 0 amide bonds. The van der Waals surface area contributed by atoms with Crippen LogP contribution < -0.4 is 0 Å². The van der Waals surface area contributed by atoms with E-state index < -0.39 is 0 Å². The predicted octanol–water partition coefficient (Wildman–Crippen LogP) is 4.09. The van der Waals surface area contributed by atoms with Gasteiger partial charge in [0.05, 0.1) is 25.6 Å². The van der Waals surface area contributed by atoms with Gasteiger partial charge in [-0.2, -0.15) is 23.5 Å². The quantitative estimate of drug-likeness (QED) is 0.110. The number of esters is 1. The van der Waals surface area contributed by atoms with E-state index in [1.807, 2.05) is 0 Å². The van der Waals surface area contributed by atoms with Crippen LogP contribution in [0.25, 0.3) is 0 Å². The van der Waals surface area contributed by atoms with E-state index in [-0.39, 0.29) is 41.2 Å². The average Bonchev–Trinajstić information content (AvgIpc) is 3.61. The van der Waals surface area contributed by atoms with Gasteiger partial charge in [-0.05, 0) is 79.0 Å². The molecule has 4 rings (SSSR count). The van der Waals surface area contributed by atoms with Crippen LogP contribution in [0.2, 0.25) is 0 Å². The number of fused-ring (bicyclic) bond motifs is 1. The Labute approximate surface area is 255 Å². The molecular formula is C30H42O10S2. The Kier molecular flexibility index (Phi) is 17.2. The van der Waals surface area contributed by atoms with E-state index >= 15 is 0 Å². The predicted molar refractivity (Wildman–Crippen MR) is 164 cm³/mol. The number of phenols is 4. The van der Waals surface area contributed by atoms with E-state index in [9.17, 15) is 19.8 Å². The SMILES string of the molecule is COC(=O)CSCCCc1ccc(O)c(O)c1.COC1COC2CCOC12.O=CCSCCCc1ccc(O)c(O)c1. The molecule has 42 heavy (non-hydrogen) atoms. The minimum Gasteiger partial charge on any atom is -0.504 e. The number of carbonyl (C=O) groups excluding carboxylic acids is 2. The summed E-state index contributed by atoms with van der Waals surface area (Å²) in [5, 5.41) is 36.8. The smallest absolute Gasteiger partial charge is 0.315 e. The molecular weight excluding hydrogens is 584 g/mol. The second-order valence-corrected chi connectivity index (χ2v) is 11.7. The normalized spacial score (nSPS) is 18.7. The van der Waals surface area contributed by atoms with Crippen molar-refractivity contribution >= 4 is 35.8 Å². The lowest BCUT2D eigenvalue weighted by Crippen LogP contribution is -2.28. The third-order valence-corrected chi connectivity index (χ3v) is 8.41. The highest BCUT2D eigenvalue weighted by Gasteiger charge is 2.41. The van der Waals surface area contributed by atoms with Gasteiger partial charge in [0, 0.05) is 19.5 Å². The van der Waals surface area contributed by atoms with Crippen molar-refractivity contribution < 1.29 is 49.0 Å². The second kappa shape index (κ2) is 20.3. The van der Waals surface area contributed by atoms with Crippen molar-refractivity contribution in [1.29, 1.82) is 0 Å². The molecule has 2 heterocycles. The van der Waals surface area contributed by atoms with E-state index in [4.69, 9.17) is 24.4 Å². The second-order valence-electron chi connectivity index (χ2n) is 9.49. The van der Waals surface area contributed by atoms with Crippen molar-refractivity contribution in [3.8, 4) is 23.0 Å². The molecule has 3 atom stereocenters. The number of thioether (sulfide) groups is 2. The van der Waals surface area contributed by atoms with Crippen molar-refractivity contribution in [3.05, 3.63) is 47.5 Å². The van der Waals surface area contributed by atoms with Crippen molar-refractivity contribution in [1.82, 2.24) is 0 Å². The summed E-state index contributed by atoms with van der Waals surface area (Å²) >= 11 is 3.13. The molecule has 2 aromatic rings. The molecule has 4 N–H and O–H groups in total. The highest BCUT2D eigenvalue weighted by Crippen LogP contribution is 2.28. The summed E-state index contributed by atoms with van der Waals surface area (Å²) in [6.07, 6.45) is 6.15. The van der Waals surface area contributed by atoms with Gasteiger partial charge in [-0.1, -0.05) is 12.1 Å². The van der Waals surface area contributed by atoms with Crippen LogP contribution in [0.15, 0.2) is 36.4 Å². The molecule has 0 saturated carbocycles. The first-order valence-corrected chi connectivity index (χ1v) is 16.0. The number of hydrogen-bond donors (Lipinski definition) is 4. The van der Waals surface area contributed by atoms with Crippen LogP contribution in [0.4, 0.5) is 0 Å². The number of aryl methyl sites for hydroxylation is 2. The molecule has 0 aromatic heterocycles. The van der Waals surface area contributed by atoms with Crippen molar-refractivity contribution in [2.75, 3.05) is 50.4 Å². The molecule has 2 fully saturated rings. The minimum absolute atomic E-state index is 0.0759. The van der Waals surface area contributed by atoms with E-state index in [1.54, 1.807) is 43.1 Å². The Morgan fingerprint density at radius 2 is 1.50 bits per heavy atom. The molecule has 2 aromatic carbocycles. The molecule has 0 radical (unpaired) electrons. The molecule has 2 saturated heterocycles. The number of hydrogen-bond acceptors (Lipinski definition) is 12. The Balaban J connectivity index is 0.000000226. The Morgan fingerprint density at radius 1 is 0.905 bits per heavy atom. The molecule has 3 unspecified atom stereocenters. The van der Waals surface area contributed by atoms with Gasteiger partial charge in [-0.25, -0.2) is 0 Å². The third kappa shape index (κ3) is 13.1. The fourth-order valence-electron chi connectivity index (χ4n) is 4.18. The summed E-state index contributed by atoms with van der Waals surface area (Å²) in [5.41, 5.74) is 1.97.